The van der Waals surface area contributed by atoms with E-state index in [1.54, 1.807) is 0 Å². The third-order valence-electron chi connectivity index (χ3n) is 5.29. The van der Waals surface area contributed by atoms with E-state index in [1.807, 2.05) is 0 Å². The average Bonchev–Trinajstić information content (AvgIpc) is 3.10. The predicted octanol–water partition coefficient (Wildman–Crippen LogP) is 2.89. The number of likely N-dealkylation sites (tertiary alicyclic amines) is 1. The number of hydrogen-bond donors (Lipinski definition) is 1. The molecule has 0 aromatic heterocycles. The summed E-state index contributed by atoms with van der Waals surface area (Å²) in [6.07, 6.45) is 10.2. The lowest BCUT2D eigenvalue weighted by Gasteiger charge is -2.27. The Kier molecular flexibility index (Phi) is 4.25. The first-order chi connectivity index (χ1) is 8.81. The molecule has 2 saturated carbocycles. The van der Waals surface area contributed by atoms with Gasteiger partial charge in [-0.25, -0.2) is 0 Å². The normalized spacial score (nSPS) is 38.2. The highest BCUT2D eigenvalue weighted by atomic mass is 15.2. The molecule has 3 fully saturated rings. The van der Waals surface area contributed by atoms with Gasteiger partial charge in [-0.2, -0.15) is 0 Å². The minimum atomic E-state index is 0.937. The molecule has 3 atom stereocenters. The molecule has 2 aliphatic carbocycles. The molecule has 3 unspecified atom stereocenters. The first-order valence-corrected chi connectivity index (χ1v) is 8.26. The van der Waals surface area contributed by atoms with Crippen molar-refractivity contribution in [2.75, 3.05) is 26.2 Å². The number of nitrogens with zero attached hydrogens (tertiary/aromatic N) is 1. The van der Waals surface area contributed by atoms with Crippen LogP contribution in [0.15, 0.2) is 0 Å². The van der Waals surface area contributed by atoms with Gasteiger partial charge in [0.25, 0.3) is 0 Å². The monoisotopic (exact) mass is 250 g/mol. The zero-order chi connectivity index (χ0) is 12.4. The van der Waals surface area contributed by atoms with Gasteiger partial charge in [-0.1, -0.05) is 19.8 Å². The van der Waals surface area contributed by atoms with Crippen LogP contribution in [0.25, 0.3) is 0 Å². The fourth-order valence-corrected chi connectivity index (χ4v) is 4.04. The highest BCUT2D eigenvalue weighted by Crippen LogP contribution is 2.31. The summed E-state index contributed by atoms with van der Waals surface area (Å²) in [5.74, 6) is 2.88. The van der Waals surface area contributed by atoms with Gasteiger partial charge in [-0.3, -0.25) is 0 Å². The third kappa shape index (κ3) is 3.48. The molecule has 3 rings (SSSR count). The summed E-state index contributed by atoms with van der Waals surface area (Å²) < 4.78 is 0. The summed E-state index contributed by atoms with van der Waals surface area (Å²) in [7, 11) is 0. The Labute approximate surface area is 113 Å². The summed E-state index contributed by atoms with van der Waals surface area (Å²) in [6.45, 7) is 7.73. The topological polar surface area (TPSA) is 15.3 Å². The Morgan fingerprint density at radius 1 is 1.00 bits per heavy atom. The maximum Gasteiger partial charge on any atom is 0.00965 e. The van der Waals surface area contributed by atoms with Gasteiger partial charge in [0.05, 0.1) is 0 Å². The molecule has 0 aromatic rings. The van der Waals surface area contributed by atoms with E-state index in [2.05, 4.69) is 17.1 Å². The van der Waals surface area contributed by atoms with Crippen molar-refractivity contribution in [2.24, 2.45) is 17.8 Å². The first kappa shape index (κ1) is 12.9. The van der Waals surface area contributed by atoms with Gasteiger partial charge >= 0.3 is 0 Å². The van der Waals surface area contributed by atoms with Crippen molar-refractivity contribution in [1.29, 1.82) is 0 Å². The molecule has 2 nitrogen and oxygen atoms in total. The minimum Gasteiger partial charge on any atom is -0.316 e. The fourth-order valence-electron chi connectivity index (χ4n) is 4.04. The van der Waals surface area contributed by atoms with Gasteiger partial charge in [0, 0.05) is 12.6 Å². The molecule has 0 spiro atoms. The average molecular weight is 250 g/mol. The first-order valence-electron chi connectivity index (χ1n) is 8.26. The van der Waals surface area contributed by atoms with Crippen LogP contribution in [0.1, 0.15) is 51.9 Å². The van der Waals surface area contributed by atoms with Gasteiger partial charge < -0.3 is 10.2 Å². The van der Waals surface area contributed by atoms with E-state index < -0.39 is 0 Å². The van der Waals surface area contributed by atoms with Crippen LogP contribution in [0.4, 0.5) is 0 Å². The van der Waals surface area contributed by atoms with E-state index >= 15 is 0 Å². The lowest BCUT2D eigenvalue weighted by atomic mass is 9.82. The Morgan fingerprint density at radius 3 is 2.61 bits per heavy atom. The number of rotatable bonds is 5. The van der Waals surface area contributed by atoms with Crippen molar-refractivity contribution in [3.63, 3.8) is 0 Å². The SMILES string of the molecule is CC1CCCC(CNCC2CCN(C3CC3)C2)C1. The fraction of sp³-hybridized carbons (Fsp3) is 1.00. The Balaban J connectivity index is 1.30. The van der Waals surface area contributed by atoms with Crippen molar-refractivity contribution >= 4 is 0 Å². The highest BCUT2D eigenvalue weighted by Gasteiger charge is 2.34. The molecule has 0 amide bonds. The maximum atomic E-state index is 3.77. The predicted molar refractivity (Wildman–Crippen MR) is 76.7 cm³/mol. The zero-order valence-corrected chi connectivity index (χ0v) is 12.0. The van der Waals surface area contributed by atoms with Crippen LogP contribution < -0.4 is 5.32 Å². The molecule has 1 heterocycles. The molecule has 1 aliphatic heterocycles. The van der Waals surface area contributed by atoms with Gasteiger partial charge in [-0.05, 0) is 69.5 Å². The summed E-state index contributed by atoms with van der Waals surface area (Å²) in [5.41, 5.74) is 0. The molecule has 3 aliphatic rings. The minimum absolute atomic E-state index is 0.937. The van der Waals surface area contributed by atoms with Crippen molar-refractivity contribution < 1.29 is 0 Å². The number of nitrogens with one attached hydrogen (secondary N) is 1. The largest absolute Gasteiger partial charge is 0.316 e. The molecule has 1 saturated heterocycles. The standard InChI is InChI=1S/C16H30N2/c1-13-3-2-4-14(9-13)10-17-11-15-7-8-18(12-15)16-5-6-16/h13-17H,2-12H2,1H3. The van der Waals surface area contributed by atoms with Crippen molar-refractivity contribution in [3.8, 4) is 0 Å². The lowest BCUT2D eigenvalue weighted by Crippen LogP contribution is -2.32. The Bertz CT molecular complexity index is 262. The zero-order valence-electron chi connectivity index (χ0n) is 12.0. The van der Waals surface area contributed by atoms with E-state index in [0.29, 0.717) is 0 Å². The van der Waals surface area contributed by atoms with E-state index in [4.69, 9.17) is 0 Å². The van der Waals surface area contributed by atoms with E-state index in [0.717, 1.165) is 23.8 Å². The van der Waals surface area contributed by atoms with Crippen molar-refractivity contribution in [1.82, 2.24) is 10.2 Å². The second kappa shape index (κ2) is 5.92. The van der Waals surface area contributed by atoms with Crippen LogP contribution in [-0.2, 0) is 0 Å². The van der Waals surface area contributed by atoms with Crippen LogP contribution in [0, 0.1) is 17.8 Å². The van der Waals surface area contributed by atoms with E-state index in [1.165, 1.54) is 71.1 Å². The van der Waals surface area contributed by atoms with Crippen molar-refractivity contribution in [3.05, 3.63) is 0 Å². The molecular formula is C16H30N2. The van der Waals surface area contributed by atoms with Crippen LogP contribution >= 0.6 is 0 Å². The second-order valence-electron chi connectivity index (χ2n) is 7.18. The van der Waals surface area contributed by atoms with Crippen LogP contribution in [-0.4, -0.2) is 37.1 Å². The Morgan fingerprint density at radius 2 is 1.83 bits per heavy atom. The summed E-state index contributed by atoms with van der Waals surface area (Å²) in [5, 5.41) is 3.77. The van der Waals surface area contributed by atoms with Crippen LogP contribution in [0.5, 0.6) is 0 Å². The molecular weight excluding hydrogens is 220 g/mol. The molecule has 0 radical (unpaired) electrons. The van der Waals surface area contributed by atoms with Crippen molar-refractivity contribution in [2.45, 2.75) is 57.9 Å². The lowest BCUT2D eigenvalue weighted by molar-refractivity contribution is 0.267. The van der Waals surface area contributed by atoms with Gasteiger partial charge in [-0.15, -0.1) is 0 Å². The molecule has 0 aromatic carbocycles. The molecule has 18 heavy (non-hydrogen) atoms. The Hall–Kier alpha value is -0.0800. The van der Waals surface area contributed by atoms with Gasteiger partial charge in [0.1, 0.15) is 0 Å². The maximum absolute atomic E-state index is 3.77. The highest BCUT2D eigenvalue weighted by molar-refractivity contribution is 4.90. The molecule has 2 heteroatoms. The van der Waals surface area contributed by atoms with Gasteiger partial charge in [0.2, 0.25) is 0 Å². The summed E-state index contributed by atoms with van der Waals surface area (Å²) >= 11 is 0. The third-order valence-corrected chi connectivity index (χ3v) is 5.29. The summed E-state index contributed by atoms with van der Waals surface area (Å²) in [4.78, 5) is 2.73. The summed E-state index contributed by atoms with van der Waals surface area (Å²) in [6, 6.07) is 0.981. The molecule has 0 bridgehead atoms. The second-order valence-corrected chi connectivity index (χ2v) is 7.18. The molecule has 1 N–H and O–H groups in total. The smallest absolute Gasteiger partial charge is 0.00965 e. The van der Waals surface area contributed by atoms with Crippen LogP contribution in [0.3, 0.4) is 0 Å². The van der Waals surface area contributed by atoms with E-state index in [-0.39, 0.29) is 0 Å². The van der Waals surface area contributed by atoms with E-state index in [9.17, 15) is 0 Å². The quantitative estimate of drug-likeness (QED) is 0.807. The number of hydrogen-bond acceptors (Lipinski definition) is 2. The van der Waals surface area contributed by atoms with Crippen LogP contribution in [0.2, 0.25) is 0 Å². The molecule has 104 valence electrons. The van der Waals surface area contributed by atoms with Gasteiger partial charge in [0.15, 0.2) is 0 Å².